The monoisotopic (exact) mass is 662 g/mol. The summed E-state index contributed by atoms with van der Waals surface area (Å²) < 4.78 is 0. The molecule has 51 heavy (non-hydrogen) atoms. The molecule has 0 amide bonds. The highest BCUT2D eigenvalue weighted by molar-refractivity contribution is 6.67. The molecule has 0 saturated heterocycles. The maximum absolute atomic E-state index is 2.52. The molecule has 0 aliphatic heterocycles. The summed E-state index contributed by atoms with van der Waals surface area (Å²) in [6, 6.07) is 72.2. The third kappa shape index (κ3) is 5.14. The smallest absolute Gasteiger partial charge is 0.0633 e. The number of benzene rings is 10. The van der Waals surface area contributed by atoms with Crippen LogP contribution in [0.5, 0.6) is 0 Å². The lowest BCUT2D eigenvalue weighted by molar-refractivity contribution is 1.63. The topological polar surface area (TPSA) is 0 Å². The van der Waals surface area contributed by atoms with Gasteiger partial charge in [-0.1, -0.05) is 192 Å². The van der Waals surface area contributed by atoms with Crippen molar-refractivity contribution in [1.82, 2.24) is 0 Å². The van der Waals surface area contributed by atoms with Crippen LogP contribution in [0.25, 0.3) is 87.2 Å². The van der Waals surface area contributed by atoms with Gasteiger partial charge in [-0.05, 0) is 99.4 Å². The van der Waals surface area contributed by atoms with Gasteiger partial charge in [0.2, 0.25) is 0 Å². The Morgan fingerprint density at radius 2 is 0.824 bits per heavy atom. The maximum Gasteiger partial charge on any atom is 0.0875 e. The molecule has 0 spiro atoms. The van der Waals surface area contributed by atoms with Crippen molar-refractivity contribution in [3.8, 4) is 33.4 Å². The zero-order chi connectivity index (χ0) is 33.7. The molecule has 0 aliphatic carbocycles. The van der Waals surface area contributed by atoms with E-state index in [9.17, 15) is 0 Å². The van der Waals surface area contributed by atoms with E-state index in [1.165, 1.54) is 97.6 Å². The minimum atomic E-state index is -0.670. The highest BCUT2D eigenvalue weighted by Crippen LogP contribution is 2.46. The van der Waals surface area contributed by atoms with E-state index in [-0.39, 0.29) is 0 Å². The highest BCUT2D eigenvalue weighted by atomic mass is 28.2. The fourth-order valence-corrected chi connectivity index (χ4v) is 9.75. The van der Waals surface area contributed by atoms with Crippen LogP contribution >= 0.6 is 0 Å². The van der Waals surface area contributed by atoms with Gasteiger partial charge in [-0.2, -0.15) is 0 Å². The van der Waals surface area contributed by atoms with E-state index in [0.717, 1.165) is 0 Å². The van der Waals surface area contributed by atoms with Crippen LogP contribution in [0.1, 0.15) is 0 Å². The van der Waals surface area contributed by atoms with Gasteiger partial charge in [0.1, 0.15) is 0 Å². The average molecular weight is 663 g/mol. The summed E-state index contributed by atoms with van der Waals surface area (Å²) in [6.07, 6.45) is 0. The second-order valence-electron chi connectivity index (χ2n) is 13.7. The van der Waals surface area contributed by atoms with Gasteiger partial charge in [-0.3, -0.25) is 0 Å². The first-order valence-corrected chi connectivity index (χ1v) is 19.2. The average Bonchev–Trinajstić information content (AvgIpc) is 3.20. The minimum absolute atomic E-state index is 0.670. The predicted molar refractivity (Wildman–Crippen MR) is 225 cm³/mol. The van der Waals surface area contributed by atoms with Crippen molar-refractivity contribution in [2.45, 2.75) is 0 Å². The van der Waals surface area contributed by atoms with Crippen LogP contribution < -0.4 is 10.4 Å². The molecule has 0 aliphatic rings. The van der Waals surface area contributed by atoms with Crippen molar-refractivity contribution in [2.75, 3.05) is 0 Å². The number of hydrogen-bond donors (Lipinski definition) is 0. The largest absolute Gasteiger partial charge is 0.0875 e. The fourth-order valence-electron chi connectivity index (χ4n) is 8.23. The van der Waals surface area contributed by atoms with Gasteiger partial charge in [0.05, 0.1) is 9.52 Å². The Kier molecular flexibility index (Phi) is 7.11. The SMILES string of the molecule is c1ccc([SiH2]c2ccc3c(-c4ccc(-c5ccc6ccccc6c5)cc4)c4ccccc4c(-c4cc5ccccc5c5ccccc45)c3c2)cc1. The molecule has 0 N–H and O–H groups in total. The van der Waals surface area contributed by atoms with Gasteiger partial charge in [0.15, 0.2) is 0 Å². The van der Waals surface area contributed by atoms with Crippen molar-refractivity contribution < 1.29 is 0 Å². The zero-order valence-electron chi connectivity index (χ0n) is 28.2. The zero-order valence-corrected chi connectivity index (χ0v) is 29.6. The molecule has 0 saturated carbocycles. The second-order valence-corrected chi connectivity index (χ2v) is 15.7. The third-order valence-corrected chi connectivity index (χ3v) is 12.4. The van der Waals surface area contributed by atoms with E-state index in [1.54, 1.807) is 0 Å². The Morgan fingerprint density at radius 1 is 0.255 bits per heavy atom. The van der Waals surface area contributed by atoms with E-state index >= 15 is 0 Å². The summed E-state index contributed by atoms with van der Waals surface area (Å²) in [5.74, 6) is 0. The Balaban J connectivity index is 1.24. The van der Waals surface area contributed by atoms with Crippen LogP contribution in [0.15, 0.2) is 194 Å². The molecular formula is C50H34Si. The maximum atomic E-state index is 2.52. The standard InChI is InChI=1S/C50H34Si/c1-2-15-39(16-3-1)51-40-28-29-46-48(32-40)50(47-31-38-14-6-7-17-41(38)42-18-8-9-19-43(42)47)45-21-11-10-20-44(45)49(46)35-25-22-34(23-26-35)37-27-24-33-12-4-5-13-36(33)30-37/h1-32H,51H2. The van der Waals surface area contributed by atoms with Gasteiger partial charge in [0.25, 0.3) is 0 Å². The molecule has 0 nitrogen and oxygen atoms in total. The van der Waals surface area contributed by atoms with E-state index < -0.39 is 9.52 Å². The van der Waals surface area contributed by atoms with Crippen molar-refractivity contribution >= 4 is 73.8 Å². The van der Waals surface area contributed by atoms with E-state index in [2.05, 4.69) is 194 Å². The van der Waals surface area contributed by atoms with Crippen LogP contribution in [-0.2, 0) is 0 Å². The quantitative estimate of drug-likeness (QED) is 0.0977. The van der Waals surface area contributed by atoms with E-state index in [4.69, 9.17) is 0 Å². The van der Waals surface area contributed by atoms with Gasteiger partial charge < -0.3 is 0 Å². The van der Waals surface area contributed by atoms with Gasteiger partial charge in [-0.25, -0.2) is 0 Å². The van der Waals surface area contributed by atoms with E-state index in [1.807, 2.05) is 0 Å². The lowest BCUT2D eigenvalue weighted by atomic mass is 9.83. The summed E-state index contributed by atoms with van der Waals surface area (Å²) in [6.45, 7) is 0. The van der Waals surface area contributed by atoms with Crippen molar-refractivity contribution in [1.29, 1.82) is 0 Å². The Labute approximate surface area is 300 Å². The first-order chi connectivity index (χ1) is 25.3. The first kappa shape index (κ1) is 29.6. The van der Waals surface area contributed by atoms with Gasteiger partial charge >= 0.3 is 0 Å². The normalized spacial score (nSPS) is 11.8. The Morgan fingerprint density at radius 3 is 1.61 bits per heavy atom. The molecule has 0 atom stereocenters. The van der Waals surface area contributed by atoms with Crippen molar-refractivity contribution in [3.63, 3.8) is 0 Å². The molecule has 10 rings (SSSR count). The van der Waals surface area contributed by atoms with Crippen LogP contribution in [0.3, 0.4) is 0 Å². The lowest BCUT2D eigenvalue weighted by Gasteiger charge is -2.20. The molecular weight excluding hydrogens is 629 g/mol. The lowest BCUT2D eigenvalue weighted by Crippen LogP contribution is -2.26. The molecule has 1 heteroatoms. The minimum Gasteiger partial charge on any atom is -0.0633 e. The van der Waals surface area contributed by atoms with Crippen LogP contribution in [0.2, 0.25) is 0 Å². The van der Waals surface area contributed by atoms with Crippen molar-refractivity contribution in [2.24, 2.45) is 0 Å². The molecule has 238 valence electrons. The number of hydrogen-bond acceptors (Lipinski definition) is 0. The molecule has 10 aromatic rings. The van der Waals surface area contributed by atoms with E-state index in [0.29, 0.717) is 0 Å². The summed E-state index contributed by atoms with van der Waals surface area (Å²) in [4.78, 5) is 0. The molecule has 0 bridgehead atoms. The van der Waals surface area contributed by atoms with Gasteiger partial charge in [-0.15, -0.1) is 0 Å². The molecule has 0 aromatic heterocycles. The number of rotatable bonds is 5. The third-order valence-electron chi connectivity index (χ3n) is 10.6. The van der Waals surface area contributed by atoms with Crippen LogP contribution in [-0.4, -0.2) is 9.52 Å². The summed E-state index contributed by atoms with van der Waals surface area (Å²) >= 11 is 0. The fraction of sp³-hybridized carbons (Fsp3) is 0. The molecule has 10 aromatic carbocycles. The Hall–Kier alpha value is -6.28. The summed E-state index contributed by atoms with van der Waals surface area (Å²) in [5.41, 5.74) is 7.62. The second kappa shape index (κ2) is 12.2. The molecule has 0 fully saturated rings. The molecule has 0 unspecified atom stereocenters. The van der Waals surface area contributed by atoms with Crippen LogP contribution in [0, 0.1) is 0 Å². The van der Waals surface area contributed by atoms with Crippen LogP contribution in [0.4, 0.5) is 0 Å². The predicted octanol–water partition coefficient (Wildman–Crippen LogP) is 11.6. The highest BCUT2D eigenvalue weighted by Gasteiger charge is 2.20. The number of fused-ring (bicyclic) bond motifs is 6. The first-order valence-electron chi connectivity index (χ1n) is 17.8. The molecule has 0 heterocycles. The molecule has 0 radical (unpaired) electrons. The summed E-state index contributed by atoms with van der Waals surface area (Å²) in [7, 11) is -0.670. The summed E-state index contributed by atoms with van der Waals surface area (Å²) in [5, 5.41) is 15.8. The Bertz CT molecular complexity index is 2920. The van der Waals surface area contributed by atoms with Crippen molar-refractivity contribution in [3.05, 3.63) is 194 Å². The van der Waals surface area contributed by atoms with Gasteiger partial charge in [0, 0.05) is 0 Å².